The van der Waals surface area contributed by atoms with Gasteiger partial charge in [0.15, 0.2) is 0 Å². The number of nitrogens with one attached hydrogen (secondary N) is 2. The summed E-state index contributed by atoms with van der Waals surface area (Å²) in [6.45, 7) is 6.75. The largest absolute Gasteiger partial charge is 0.353 e. The number of hydrogen-bond donors (Lipinski definition) is 2. The van der Waals surface area contributed by atoms with Crippen LogP contribution in [-0.2, 0) is 4.79 Å². The first-order valence-corrected chi connectivity index (χ1v) is 5.60. The maximum Gasteiger partial charge on any atom is 0.234 e. The topological polar surface area (TPSA) is 41.1 Å². The van der Waals surface area contributed by atoms with Gasteiger partial charge in [0.05, 0.1) is 6.54 Å². The molecule has 14 heavy (non-hydrogen) atoms. The molecule has 1 aliphatic rings. The van der Waals surface area contributed by atoms with E-state index in [9.17, 15) is 4.79 Å². The van der Waals surface area contributed by atoms with Crippen LogP contribution < -0.4 is 10.6 Å². The SMILES string of the molecule is CCC(C)NC(=O)CNC1(C)CCC1. The van der Waals surface area contributed by atoms with Crippen molar-refractivity contribution in [3.63, 3.8) is 0 Å². The molecule has 1 amide bonds. The Morgan fingerprint density at radius 3 is 2.57 bits per heavy atom. The predicted octanol–water partition coefficient (Wildman–Crippen LogP) is 1.43. The standard InChI is InChI=1S/C11H22N2O/c1-4-9(2)13-10(14)8-12-11(3)6-5-7-11/h9,12H,4-8H2,1-3H3,(H,13,14). The molecule has 3 nitrogen and oxygen atoms in total. The number of hydrogen-bond acceptors (Lipinski definition) is 2. The molecule has 0 aromatic heterocycles. The number of rotatable bonds is 5. The second-order valence-corrected chi connectivity index (χ2v) is 4.64. The summed E-state index contributed by atoms with van der Waals surface area (Å²) in [4.78, 5) is 11.4. The molecule has 1 saturated carbocycles. The van der Waals surface area contributed by atoms with Gasteiger partial charge in [-0.3, -0.25) is 4.79 Å². The van der Waals surface area contributed by atoms with Crippen LogP contribution in [0.5, 0.6) is 0 Å². The van der Waals surface area contributed by atoms with Crippen molar-refractivity contribution in [1.29, 1.82) is 0 Å². The zero-order valence-electron chi connectivity index (χ0n) is 9.52. The monoisotopic (exact) mass is 198 g/mol. The van der Waals surface area contributed by atoms with Gasteiger partial charge in [0, 0.05) is 11.6 Å². The number of carbonyl (C=O) groups excluding carboxylic acids is 1. The van der Waals surface area contributed by atoms with Gasteiger partial charge >= 0.3 is 0 Å². The Morgan fingerprint density at radius 1 is 1.50 bits per heavy atom. The third-order valence-electron chi connectivity index (χ3n) is 3.15. The zero-order chi connectivity index (χ0) is 10.6. The van der Waals surface area contributed by atoms with Crippen LogP contribution in [0.15, 0.2) is 0 Å². The van der Waals surface area contributed by atoms with Gasteiger partial charge in [-0.05, 0) is 39.5 Å². The highest BCUT2D eigenvalue weighted by Gasteiger charge is 2.31. The van der Waals surface area contributed by atoms with Gasteiger partial charge in [0.25, 0.3) is 0 Å². The highest BCUT2D eigenvalue weighted by atomic mass is 16.1. The Kier molecular flexibility index (Phi) is 3.93. The lowest BCUT2D eigenvalue weighted by Gasteiger charge is -2.39. The van der Waals surface area contributed by atoms with Crippen LogP contribution in [0.4, 0.5) is 0 Å². The van der Waals surface area contributed by atoms with Gasteiger partial charge in [-0.15, -0.1) is 0 Å². The second-order valence-electron chi connectivity index (χ2n) is 4.64. The molecule has 82 valence electrons. The van der Waals surface area contributed by atoms with Crippen molar-refractivity contribution in [2.45, 2.75) is 58.0 Å². The highest BCUT2D eigenvalue weighted by molar-refractivity contribution is 5.78. The van der Waals surface area contributed by atoms with Crippen molar-refractivity contribution in [1.82, 2.24) is 10.6 Å². The summed E-state index contributed by atoms with van der Waals surface area (Å²) in [5, 5.41) is 6.26. The summed E-state index contributed by atoms with van der Waals surface area (Å²) in [5.41, 5.74) is 0.229. The summed E-state index contributed by atoms with van der Waals surface area (Å²) in [6, 6.07) is 0.290. The molecule has 1 atom stereocenters. The minimum absolute atomic E-state index is 0.118. The van der Waals surface area contributed by atoms with Gasteiger partial charge < -0.3 is 10.6 Å². The second kappa shape index (κ2) is 4.78. The molecule has 2 N–H and O–H groups in total. The lowest BCUT2D eigenvalue weighted by molar-refractivity contribution is -0.121. The van der Waals surface area contributed by atoms with E-state index in [-0.39, 0.29) is 11.4 Å². The Morgan fingerprint density at radius 2 is 2.14 bits per heavy atom. The molecule has 0 heterocycles. The fraction of sp³-hybridized carbons (Fsp3) is 0.909. The van der Waals surface area contributed by atoms with Gasteiger partial charge in [-0.1, -0.05) is 6.92 Å². The molecule has 0 aromatic carbocycles. The van der Waals surface area contributed by atoms with Gasteiger partial charge in [-0.2, -0.15) is 0 Å². The molecule has 3 heteroatoms. The molecular formula is C11H22N2O. The minimum atomic E-state index is 0.118. The van der Waals surface area contributed by atoms with E-state index >= 15 is 0 Å². The van der Waals surface area contributed by atoms with Crippen molar-refractivity contribution in [2.75, 3.05) is 6.54 Å². The van der Waals surface area contributed by atoms with Crippen LogP contribution in [0.25, 0.3) is 0 Å². The van der Waals surface area contributed by atoms with Crippen molar-refractivity contribution in [3.8, 4) is 0 Å². The normalized spacial score (nSPS) is 21.1. The fourth-order valence-electron chi connectivity index (χ4n) is 1.61. The molecule has 0 radical (unpaired) electrons. The van der Waals surface area contributed by atoms with E-state index in [1.54, 1.807) is 0 Å². The Labute approximate surface area is 86.6 Å². The third kappa shape index (κ3) is 3.29. The first kappa shape index (κ1) is 11.5. The number of carbonyl (C=O) groups is 1. The first-order chi connectivity index (χ1) is 6.56. The Hall–Kier alpha value is -0.570. The summed E-state index contributed by atoms with van der Waals surface area (Å²) in [6.07, 6.45) is 4.67. The van der Waals surface area contributed by atoms with Crippen LogP contribution in [0.2, 0.25) is 0 Å². The van der Waals surface area contributed by atoms with Crippen LogP contribution in [0.1, 0.15) is 46.5 Å². The maximum atomic E-state index is 11.4. The molecule has 0 spiro atoms. The van der Waals surface area contributed by atoms with Crippen molar-refractivity contribution in [2.24, 2.45) is 0 Å². The van der Waals surface area contributed by atoms with E-state index in [0.717, 1.165) is 6.42 Å². The van der Waals surface area contributed by atoms with E-state index in [0.29, 0.717) is 12.6 Å². The van der Waals surface area contributed by atoms with Crippen LogP contribution in [0.3, 0.4) is 0 Å². The predicted molar refractivity (Wildman–Crippen MR) is 58.2 cm³/mol. The third-order valence-corrected chi connectivity index (χ3v) is 3.15. The van der Waals surface area contributed by atoms with E-state index < -0.39 is 0 Å². The summed E-state index contributed by atoms with van der Waals surface area (Å²) < 4.78 is 0. The number of amides is 1. The van der Waals surface area contributed by atoms with Crippen molar-refractivity contribution < 1.29 is 4.79 Å². The lowest BCUT2D eigenvalue weighted by Crippen LogP contribution is -2.52. The molecule has 0 bridgehead atoms. The van der Waals surface area contributed by atoms with E-state index in [1.807, 2.05) is 6.92 Å². The maximum absolute atomic E-state index is 11.4. The fourth-order valence-corrected chi connectivity index (χ4v) is 1.61. The summed E-state index contributed by atoms with van der Waals surface area (Å²) in [5.74, 6) is 0.118. The summed E-state index contributed by atoms with van der Waals surface area (Å²) in [7, 11) is 0. The lowest BCUT2D eigenvalue weighted by atomic mass is 9.78. The Balaban J connectivity index is 2.14. The molecule has 1 aliphatic carbocycles. The van der Waals surface area contributed by atoms with Crippen LogP contribution in [-0.4, -0.2) is 24.0 Å². The smallest absolute Gasteiger partial charge is 0.234 e. The average molecular weight is 198 g/mol. The quantitative estimate of drug-likeness (QED) is 0.701. The molecular weight excluding hydrogens is 176 g/mol. The zero-order valence-corrected chi connectivity index (χ0v) is 9.52. The molecule has 1 rings (SSSR count). The average Bonchev–Trinajstić information content (AvgIpc) is 2.11. The summed E-state index contributed by atoms with van der Waals surface area (Å²) >= 11 is 0. The Bertz CT molecular complexity index is 199. The van der Waals surface area contributed by atoms with Crippen LogP contribution in [0, 0.1) is 0 Å². The molecule has 0 saturated heterocycles. The van der Waals surface area contributed by atoms with E-state index in [1.165, 1.54) is 19.3 Å². The van der Waals surface area contributed by atoms with Crippen molar-refractivity contribution in [3.05, 3.63) is 0 Å². The molecule has 0 aromatic rings. The molecule has 0 aliphatic heterocycles. The van der Waals surface area contributed by atoms with Crippen molar-refractivity contribution >= 4 is 5.91 Å². The van der Waals surface area contributed by atoms with Gasteiger partial charge in [-0.25, -0.2) is 0 Å². The van der Waals surface area contributed by atoms with E-state index in [2.05, 4.69) is 24.5 Å². The minimum Gasteiger partial charge on any atom is -0.353 e. The van der Waals surface area contributed by atoms with E-state index in [4.69, 9.17) is 0 Å². The molecule has 1 unspecified atom stereocenters. The highest BCUT2D eigenvalue weighted by Crippen LogP contribution is 2.30. The van der Waals surface area contributed by atoms with Crippen LogP contribution >= 0.6 is 0 Å². The van der Waals surface area contributed by atoms with Gasteiger partial charge in [0.2, 0.25) is 5.91 Å². The van der Waals surface area contributed by atoms with Gasteiger partial charge in [0.1, 0.15) is 0 Å². The first-order valence-electron chi connectivity index (χ1n) is 5.60. The molecule has 1 fully saturated rings.